The van der Waals surface area contributed by atoms with Gasteiger partial charge in [-0.3, -0.25) is 14.5 Å². The first kappa shape index (κ1) is 20.2. The van der Waals surface area contributed by atoms with Gasteiger partial charge >= 0.3 is 0 Å². The average Bonchev–Trinajstić information content (AvgIpc) is 2.95. The van der Waals surface area contributed by atoms with Crippen molar-refractivity contribution in [1.29, 1.82) is 5.26 Å². The molecule has 0 aliphatic carbocycles. The third-order valence-corrected chi connectivity index (χ3v) is 6.02. The van der Waals surface area contributed by atoms with Crippen molar-refractivity contribution in [1.82, 2.24) is 0 Å². The number of hydrogen-bond donors (Lipinski definition) is 1. The van der Waals surface area contributed by atoms with Crippen molar-refractivity contribution in [3.8, 4) is 6.07 Å². The Morgan fingerprint density at radius 1 is 1.21 bits per heavy atom. The van der Waals surface area contributed by atoms with Crippen LogP contribution in [0, 0.1) is 17.1 Å². The number of nitriles is 1. The summed E-state index contributed by atoms with van der Waals surface area (Å²) >= 11 is 13.0. The Balaban J connectivity index is 2.02. The highest BCUT2D eigenvalue weighted by atomic mass is 35.5. The molecule has 1 heterocycles. The maximum Gasteiger partial charge on any atom is 0.262 e. The summed E-state index contributed by atoms with van der Waals surface area (Å²) < 4.78 is 13.3. The van der Waals surface area contributed by atoms with Crippen molar-refractivity contribution in [3.05, 3.63) is 74.5 Å². The number of thioether (sulfide) groups is 1. The van der Waals surface area contributed by atoms with Crippen LogP contribution in [0.15, 0.2) is 53.1 Å². The standard InChI is InChI=1S/C19H12Cl2FN3O2S/c20-14-6-1-10(7-15(14)21)8-16-18(27)25(12-4-2-11(22)3-5-12)19(28-16)13(9-23)17(24)26/h1-7,16H,8H2,(H2,24,26). The molecule has 5 nitrogen and oxygen atoms in total. The Labute approximate surface area is 174 Å². The second kappa shape index (κ2) is 8.23. The van der Waals surface area contributed by atoms with Gasteiger partial charge < -0.3 is 5.73 Å². The maximum atomic E-state index is 13.3. The largest absolute Gasteiger partial charge is 0.365 e. The summed E-state index contributed by atoms with van der Waals surface area (Å²) in [5, 5.41) is 9.59. The number of nitrogens with two attached hydrogens (primary N) is 1. The first-order valence-electron chi connectivity index (χ1n) is 7.96. The molecule has 2 aromatic rings. The number of hydrogen-bond acceptors (Lipinski definition) is 4. The van der Waals surface area contributed by atoms with Gasteiger partial charge in [-0.25, -0.2) is 4.39 Å². The van der Waals surface area contributed by atoms with Crippen molar-refractivity contribution in [2.24, 2.45) is 5.73 Å². The summed E-state index contributed by atoms with van der Waals surface area (Å²) in [5.74, 6) is -1.77. The van der Waals surface area contributed by atoms with E-state index in [0.29, 0.717) is 22.2 Å². The second-order valence-corrected chi connectivity index (χ2v) is 7.87. The molecular weight excluding hydrogens is 424 g/mol. The Hall–Kier alpha value is -2.53. The van der Waals surface area contributed by atoms with E-state index in [1.165, 1.54) is 29.2 Å². The van der Waals surface area contributed by atoms with Gasteiger partial charge in [0.05, 0.1) is 15.3 Å². The van der Waals surface area contributed by atoms with Gasteiger partial charge in [-0.15, -0.1) is 0 Å². The molecule has 9 heteroatoms. The zero-order valence-corrected chi connectivity index (χ0v) is 16.5. The van der Waals surface area contributed by atoms with Gasteiger partial charge in [0.25, 0.3) is 5.91 Å². The summed E-state index contributed by atoms with van der Waals surface area (Å²) in [6.07, 6.45) is 0.291. The molecule has 0 aromatic heterocycles. The summed E-state index contributed by atoms with van der Waals surface area (Å²) in [5.41, 5.74) is 6.07. The lowest BCUT2D eigenvalue weighted by Gasteiger charge is -2.18. The fourth-order valence-corrected chi connectivity index (χ4v) is 4.34. The number of carbonyl (C=O) groups excluding carboxylic acids is 2. The molecule has 1 unspecified atom stereocenters. The zero-order valence-electron chi connectivity index (χ0n) is 14.2. The Morgan fingerprint density at radius 2 is 1.89 bits per heavy atom. The molecule has 0 saturated carbocycles. The van der Waals surface area contributed by atoms with Gasteiger partial charge in [0.2, 0.25) is 5.91 Å². The van der Waals surface area contributed by atoms with Crippen LogP contribution in [-0.2, 0) is 16.0 Å². The molecule has 1 fully saturated rings. The van der Waals surface area contributed by atoms with Crippen molar-refractivity contribution in [2.45, 2.75) is 11.7 Å². The Kier molecular flexibility index (Phi) is 5.94. The van der Waals surface area contributed by atoms with E-state index < -0.39 is 17.0 Å². The first-order chi connectivity index (χ1) is 13.3. The smallest absolute Gasteiger partial charge is 0.262 e. The fraction of sp³-hybridized carbons (Fsp3) is 0.105. The molecule has 28 heavy (non-hydrogen) atoms. The molecule has 0 bridgehead atoms. The number of primary amides is 1. The van der Waals surface area contributed by atoms with Crippen LogP contribution in [0.4, 0.5) is 10.1 Å². The quantitative estimate of drug-likeness (QED) is 0.579. The lowest BCUT2D eigenvalue weighted by molar-refractivity contribution is -0.117. The highest BCUT2D eigenvalue weighted by molar-refractivity contribution is 8.05. The van der Waals surface area contributed by atoms with E-state index in [-0.39, 0.29) is 16.5 Å². The van der Waals surface area contributed by atoms with Crippen molar-refractivity contribution in [2.75, 3.05) is 4.90 Å². The molecule has 2 amide bonds. The predicted molar refractivity (Wildman–Crippen MR) is 107 cm³/mol. The fourth-order valence-electron chi connectivity index (χ4n) is 2.71. The van der Waals surface area contributed by atoms with Gasteiger partial charge in [0.15, 0.2) is 0 Å². The van der Waals surface area contributed by atoms with Gasteiger partial charge in [-0.05, 0) is 48.4 Å². The van der Waals surface area contributed by atoms with Crippen molar-refractivity contribution in [3.63, 3.8) is 0 Å². The van der Waals surface area contributed by atoms with E-state index >= 15 is 0 Å². The second-order valence-electron chi connectivity index (χ2n) is 5.87. The molecule has 0 spiro atoms. The zero-order chi connectivity index (χ0) is 20.4. The van der Waals surface area contributed by atoms with E-state index in [1.54, 1.807) is 24.3 Å². The van der Waals surface area contributed by atoms with Gasteiger partial charge in [-0.1, -0.05) is 41.0 Å². The average molecular weight is 436 g/mol. The SMILES string of the molecule is N#CC(C(N)=O)=C1SC(Cc2ccc(Cl)c(Cl)c2)C(=O)N1c1ccc(F)cc1. The predicted octanol–water partition coefficient (Wildman–Crippen LogP) is 4.04. The van der Waals surface area contributed by atoms with Crippen LogP contribution in [0.25, 0.3) is 0 Å². The lowest BCUT2D eigenvalue weighted by atomic mass is 10.1. The molecule has 1 aliphatic heterocycles. The highest BCUT2D eigenvalue weighted by Crippen LogP contribution is 2.42. The minimum absolute atomic E-state index is 0.122. The third kappa shape index (κ3) is 3.99. The van der Waals surface area contributed by atoms with Crippen molar-refractivity contribution >= 4 is 52.5 Å². The topological polar surface area (TPSA) is 87.2 Å². The third-order valence-electron chi connectivity index (χ3n) is 4.01. The van der Waals surface area contributed by atoms with Gasteiger partial charge in [-0.2, -0.15) is 5.26 Å². The van der Waals surface area contributed by atoms with Crippen LogP contribution in [0.1, 0.15) is 5.56 Å². The molecule has 142 valence electrons. The lowest BCUT2D eigenvalue weighted by Crippen LogP contribution is -2.31. The molecule has 2 N–H and O–H groups in total. The minimum atomic E-state index is -0.944. The molecule has 1 aliphatic rings. The van der Waals surface area contributed by atoms with E-state index in [4.69, 9.17) is 28.9 Å². The van der Waals surface area contributed by atoms with E-state index in [1.807, 2.05) is 0 Å². The number of nitrogens with zero attached hydrogens (tertiary/aromatic N) is 2. The molecular formula is C19H12Cl2FN3O2S. The molecule has 1 saturated heterocycles. The number of anilines is 1. The van der Waals surface area contributed by atoms with Gasteiger partial charge in [0, 0.05) is 5.69 Å². The van der Waals surface area contributed by atoms with Crippen LogP contribution >= 0.6 is 35.0 Å². The van der Waals surface area contributed by atoms with Gasteiger partial charge in [0.1, 0.15) is 22.5 Å². The summed E-state index contributed by atoms with van der Waals surface area (Å²) in [6, 6.07) is 11.9. The summed E-state index contributed by atoms with van der Waals surface area (Å²) in [4.78, 5) is 26.0. The Bertz CT molecular complexity index is 1030. The molecule has 1 atom stereocenters. The van der Waals surface area contributed by atoms with Crippen molar-refractivity contribution < 1.29 is 14.0 Å². The number of rotatable bonds is 4. The number of carbonyl (C=O) groups is 2. The van der Waals surface area contributed by atoms with Crippen LogP contribution in [0.5, 0.6) is 0 Å². The maximum absolute atomic E-state index is 13.3. The number of amides is 2. The number of halogens is 3. The monoisotopic (exact) mass is 435 g/mol. The number of benzene rings is 2. The molecule has 2 aromatic carbocycles. The Morgan fingerprint density at radius 3 is 2.46 bits per heavy atom. The van der Waals surface area contributed by atoms with Crippen LogP contribution in [-0.4, -0.2) is 17.1 Å². The molecule has 3 rings (SSSR count). The molecule has 0 radical (unpaired) electrons. The normalized spacial score (nSPS) is 18.1. The minimum Gasteiger partial charge on any atom is -0.365 e. The summed E-state index contributed by atoms with van der Waals surface area (Å²) in [6.45, 7) is 0. The first-order valence-corrected chi connectivity index (χ1v) is 9.59. The van der Waals surface area contributed by atoms with Crippen LogP contribution < -0.4 is 10.6 Å². The van der Waals surface area contributed by atoms with E-state index in [9.17, 15) is 19.2 Å². The van der Waals surface area contributed by atoms with Crippen LogP contribution in [0.2, 0.25) is 10.0 Å². The highest BCUT2D eigenvalue weighted by Gasteiger charge is 2.40. The summed E-state index contributed by atoms with van der Waals surface area (Å²) in [7, 11) is 0. The van der Waals surface area contributed by atoms with Crippen LogP contribution in [0.3, 0.4) is 0 Å². The van der Waals surface area contributed by atoms with E-state index in [2.05, 4.69) is 0 Å². The van der Waals surface area contributed by atoms with E-state index in [0.717, 1.165) is 17.3 Å².